The lowest BCUT2D eigenvalue weighted by Gasteiger charge is -2.51. The molecule has 0 aromatic rings. The van der Waals surface area contributed by atoms with Crippen molar-refractivity contribution in [1.29, 1.82) is 0 Å². The van der Waals surface area contributed by atoms with E-state index in [0.717, 1.165) is 17.8 Å². The molecule has 90 valence electrons. The van der Waals surface area contributed by atoms with Crippen molar-refractivity contribution in [3.63, 3.8) is 0 Å². The van der Waals surface area contributed by atoms with Crippen LogP contribution in [0.25, 0.3) is 0 Å². The van der Waals surface area contributed by atoms with Gasteiger partial charge in [-0.15, -0.1) is 0 Å². The Morgan fingerprint density at radius 1 is 1.12 bits per heavy atom. The quantitative estimate of drug-likeness (QED) is 0.505. The fraction of sp³-hybridized carbons (Fsp3) is 0.875. The molecule has 0 nitrogen and oxygen atoms in total. The number of allylic oxidation sites excluding steroid dienone is 2. The maximum absolute atomic E-state index is 2.64. The highest BCUT2D eigenvalue weighted by Crippen LogP contribution is 2.54. The lowest BCUT2D eigenvalue weighted by atomic mass is 9.54. The van der Waals surface area contributed by atoms with E-state index in [1.807, 2.05) is 5.57 Å². The summed E-state index contributed by atoms with van der Waals surface area (Å²) in [7, 11) is 0. The molecule has 3 atom stereocenters. The standard InChI is InChI=1S/C16H26/c1-16(2)11-5-8-14-13-7-4-3-6-12(13)9-10-15(14)16/h9,13-15H,3-8,10-11H2,1-2H3. The van der Waals surface area contributed by atoms with Gasteiger partial charge in [0, 0.05) is 0 Å². The van der Waals surface area contributed by atoms with Gasteiger partial charge in [-0.25, -0.2) is 0 Å². The van der Waals surface area contributed by atoms with Crippen LogP contribution in [0.2, 0.25) is 0 Å². The van der Waals surface area contributed by atoms with Crippen LogP contribution in [0, 0.1) is 23.2 Å². The molecule has 0 aromatic carbocycles. The molecule has 2 fully saturated rings. The predicted octanol–water partition coefficient (Wildman–Crippen LogP) is 4.95. The molecule has 16 heavy (non-hydrogen) atoms. The van der Waals surface area contributed by atoms with Gasteiger partial charge in [-0.05, 0) is 61.7 Å². The first-order chi connectivity index (χ1) is 7.68. The molecule has 0 heterocycles. The minimum absolute atomic E-state index is 0.613. The van der Waals surface area contributed by atoms with Crippen molar-refractivity contribution in [2.45, 2.75) is 65.2 Å². The summed E-state index contributed by atoms with van der Waals surface area (Å²) in [5.41, 5.74) is 2.47. The van der Waals surface area contributed by atoms with Crippen LogP contribution < -0.4 is 0 Å². The summed E-state index contributed by atoms with van der Waals surface area (Å²) in [6, 6.07) is 0. The van der Waals surface area contributed by atoms with Gasteiger partial charge in [0.05, 0.1) is 0 Å². The van der Waals surface area contributed by atoms with Crippen LogP contribution >= 0.6 is 0 Å². The Bertz CT molecular complexity index is 297. The molecule has 0 spiro atoms. The van der Waals surface area contributed by atoms with Crippen molar-refractivity contribution < 1.29 is 0 Å². The zero-order valence-corrected chi connectivity index (χ0v) is 11.0. The van der Waals surface area contributed by atoms with Gasteiger partial charge in [-0.2, -0.15) is 0 Å². The molecule has 0 N–H and O–H groups in total. The lowest BCUT2D eigenvalue weighted by molar-refractivity contribution is 0.0346. The molecule has 0 aliphatic heterocycles. The van der Waals surface area contributed by atoms with Crippen molar-refractivity contribution in [2.24, 2.45) is 23.2 Å². The molecule has 0 aromatic heterocycles. The summed E-state index contributed by atoms with van der Waals surface area (Å²) >= 11 is 0. The van der Waals surface area contributed by atoms with E-state index in [1.165, 1.54) is 51.4 Å². The molecular formula is C16H26. The van der Waals surface area contributed by atoms with Crippen LogP contribution in [0.15, 0.2) is 11.6 Å². The first kappa shape index (κ1) is 10.9. The first-order valence-electron chi connectivity index (χ1n) is 7.37. The third-order valence-electron chi connectivity index (χ3n) is 5.74. The summed E-state index contributed by atoms with van der Waals surface area (Å²) in [4.78, 5) is 0. The van der Waals surface area contributed by atoms with Crippen molar-refractivity contribution in [2.75, 3.05) is 0 Å². The van der Waals surface area contributed by atoms with E-state index in [1.54, 1.807) is 0 Å². The van der Waals surface area contributed by atoms with E-state index < -0.39 is 0 Å². The normalized spacial score (nSPS) is 41.9. The van der Waals surface area contributed by atoms with E-state index in [-0.39, 0.29) is 0 Å². The molecule has 3 rings (SSSR count). The molecule has 0 amide bonds. The SMILES string of the molecule is CC1(C)CCCC2C3CCCCC3=CCC21. The summed E-state index contributed by atoms with van der Waals surface area (Å²) in [6.45, 7) is 5.04. The van der Waals surface area contributed by atoms with Gasteiger partial charge in [-0.1, -0.05) is 38.3 Å². The maximum atomic E-state index is 2.64. The third-order valence-corrected chi connectivity index (χ3v) is 5.74. The largest absolute Gasteiger partial charge is 0.0847 e. The molecule has 2 saturated carbocycles. The van der Waals surface area contributed by atoms with Gasteiger partial charge in [0.15, 0.2) is 0 Å². The molecule has 0 radical (unpaired) electrons. The van der Waals surface area contributed by atoms with E-state index in [0.29, 0.717) is 5.41 Å². The Morgan fingerprint density at radius 3 is 2.88 bits per heavy atom. The fourth-order valence-electron chi connectivity index (χ4n) is 4.82. The second kappa shape index (κ2) is 3.89. The van der Waals surface area contributed by atoms with Crippen LogP contribution in [0.4, 0.5) is 0 Å². The smallest absolute Gasteiger partial charge is 0.0172 e. The Hall–Kier alpha value is -0.260. The zero-order chi connectivity index (χ0) is 11.2. The zero-order valence-electron chi connectivity index (χ0n) is 11.0. The monoisotopic (exact) mass is 218 g/mol. The highest BCUT2D eigenvalue weighted by atomic mass is 14.5. The van der Waals surface area contributed by atoms with Crippen LogP contribution in [0.5, 0.6) is 0 Å². The summed E-state index contributed by atoms with van der Waals surface area (Å²) in [5.74, 6) is 3.03. The number of rotatable bonds is 0. The Kier molecular flexibility index (Phi) is 2.64. The van der Waals surface area contributed by atoms with Gasteiger partial charge in [-0.3, -0.25) is 0 Å². The number of fused-ring (bicyclic) bond motifs is 3. The third kappa shape index (κ3) is 1.65. The minimum Gasteiger partial charge on any atom is -0.0847 e. The lowest BCUT2D eigenvalue weighted by Crippen LogP contribution is -2.41. The van der Waals surface area contributed by atoms with E-state index in [2.05, 4.69) is 19.9 Å². The van der Waals surface area contributed by atoms with Gasteiger partial charge < -0.3 is 0 Å². The van der Waals surface area contributed by atoms with E-state index in [4.69, 9.17) is 0 Å². The Morgan fingerprint density at radius 2 is 2.00 bits per heavy atom. The minimum atomic E-state index is 0.613. The van der Waals surface area contributed by atoms with Gasteiger partial charge in [0.2, 0.25) is 0 Å². The van der Waals surface area contributed by atoms with Gasteiger partial charge in [0.1, 0.15) is 0 Å². The van der Waals surface area contributed by atoms with Crippen LogP contribution in [-0.4, -0.2) is 0 Å². The summed E-state index contributed by atoms with van der Waals surface area (Å²) < 4.78 is 0. The van der Waals surface area contributed by atoms with Crippen molar-refractivity contribution >= 4 is 0 Å². The Balaban J connectivity index is 1.88. The molecule has 3 aliphatic carbocycles. The van der Waals surface area contributed by atoms with Crippen LogP contribution in [0.1, 0.15) is 65.2 Å². The molecule has 0 bridgehead atoms. The van der Waals surface area contributed by atoms with Crippen molar-refractivity contribution in [3.05, 3.63) is 11.6 Å². The van der Waals surface area contributed by atoms with Crippen molar-refractivity contribution in [1.82, 2.24) is 0 Å². The summed E-state index contributed by atoms with van der Waals surface area (Å²) in [6.07, 6.45) is 14.4. The molecular weight excluding hydrogens is 192 g/mol. The molecule has 0 saturated heterocycles. The predicted molar refractivity (Wildman–Crippen MR) is 69.3 cm³/mol. The molecule has 3 unspecified atom stereocenters. The van der Waals surface area contributed by atoms with Crippen molar-refractivity contribution in [3.8, 4) is 0 Å². The second-order valence-corrected chi connectivity index (χ2v) is 7.02. The van der Waals surface area contributed by atoms with Gasteiger partial charge >= 0.3 is 0 Å². The van der Waals surface area contributed by atoms with E-state index in [9.17, 15) is 0 Å². The second-order valence-electron chi connectivity index (χ2n) is 7.02. The Labute approximate surface area is 101 Å². The topological polar surface area (TPSA) is 0 Å². The molecule has 3 aliphatic rings. The average molecular weight is 218 g/mol. The fourth-order valence-corrected chi connectivity index (χ4v) is 4.82. The summed E-state index contributed by atoms with van der Waals surface area (Å²) in [5, 5.41) is 0. The number of hydrogen-bond acceptors (Lipinski definition) is 0. The van der Waals surface area contributed by atoms with E-state index >= 15 is 0 Å². The van der Waals surface area contributed by atoms with Crippen LogP contribution in [0.3, 0.4) is 0 Å². The highest BCUT2D eigenvalue weighted by molar-refractivity contribution is 5.17. The van der Waals surface area contributed by atoms with Gasteiger partial charge in [0.25, 0.3) is 0 Å². The number of hydrogen-bond donors (Lipinski definition) is 0. The first-order valence-corrected chi connectivity index (χ1v) is 7.37. The highest BCUT2D eigenvalue weighted by Gasteiger charge is 2.44. The maximum Gasteiger partial charge on any atom is -0.0172 e. The average Bonchev–Trinajstić information content (AvgIpc) is 2.28. The van der Waals surface area contributed by atoms with Crippen LogP contribution in [-0.2, 0) is 0 Å². The molecule has 0 heteroatoms.